The van der Waals surface area contributed by atoms with Gasteiger partial charge in [-0.2, -0.15) is 0 Å². The second-order valence-corrected chi connectivity index (χ2v) is 13.4. The first-order chi connectivity index (χ1) is 23.9. The minimum absolute atomic E-state index is 0.0648. The highest BCUT2D eigenvalue weighted by molar-refractivity contribution is 5.69. The smallest absolute Gasteiger partial charge is 0.305 e. The van der Waals surface area contributed by atoms with Crippen LogP contribution in [0.2, 0.25) is 0 Å². The number of allylic oxidation sites excluding steroid dienone is 4. The number of aldehydes is 1. The lowest BCUT2D eigenvalue weighted by Crippen LogP contribution is -2.12. The van der Waals surface area contributed by atoms with E-state index in [9.17, 15) is 14.4 Å². The third-order valence-electron chi connectivity index (χ3n) is 8.50. The lowest BCUT2D eigenvalue weighted by molar-refractivity contribution is -0.144. The summed E-state index contributed by atoms with van der Waals surface area (Å²) in [5.41, 5.74) is 0. The third kappa shape index (κ3) is 44.0. The molecule has 0 bridgehead atoms. The summed E-state index contributed by atoms with van der Waals surface area (Å²) in [6.07, 6.45) is 40.2. The molecule has 0 amide bonds. The van der Waals surface area contributed by atoms with Crippen molar-refractivity contribution in [3.63, 3.8) is 0 Å². The number of unbranched alkanes of at least 4 members (excludes halogenated alkanes) is 17. The Labute approximate surface area is 303 Å². The Hall–Kier alpha value is -1.99. The van der Waals surface area contributed by atoms with Gasteiger partial charge >= 0.3 is 11.9 Å². The van der Waals surface area contributed by atoms with Crippen LogP contribution in [-0.4, -0.2) is 70.2 Å². The van der Waals surface area contributed by atoms with Crippen LogP contribution in [0.5, 0.6) is 0 Å². The van der Waals surface area contributed by atoms with Crippen LogP contribution in [0.3, 0.4) is 0 Å². The van der Waals surface area contributed by atoms with Crippen LogP contribution in [0.1, 0.15) is 181 Å². The molecule has 0 rings (SSSR count). The van der Waals surface area contributed by atoms with Gasteiger partial charge in [0.1, 0.15) is 6.29 Å². The predicted octanol–water partition coefficient (Wildman–Crippen LogP) is 11.1. The maximum Gasteiger partial charge on any atom is 0.305 e. The van der Waals surface area contributed by atoms with Crippen molar-refractivity contribution in [3.8, 4) is 0 Å². The summed E-state index contributed by atoms with van der Waals surface area (Å²) in [7, 11) is 5.89. The topological polar surface area (TPSA) is 82.1 Å². The summed E-state index contributed by atoms with van der Waals surface area (Å²) in [6.45, 7) is 5.69. The standard InChI is InChI=1S/C36H66O5.C6H13NO/c1-4-40-35(37)32-28-24-20-16-12-8-6-10-14-18-22-26-30-34(39-3)31-27-23-19-15-11-7-9-13-17-21-25-29-33-36(38)41-5-2;1-7(2)5-3-4-6-8/h12-13,16-17,34H,4-11,14-15,18-33H2,1-3H3;6H,3-5H2,1-2H3/b16-12-,17-13-;. The van der Waals surface area contributed by atoms with E-state index >= 15 is 0 Å². The summed E-state index contributed by atoms with van der Waals surface area (Å²) < 4.78 is 15.6. The van der Waals surface area contributed by atoms with Crippen LogP contribution >= 0.6 is 0 Å². The molecule has 0 aliphatic carbocycles. The summed E-state index contributed by atoms with van der Waals surface area (Å²) in [5.74, 6) is -0.130. The van der Waals surface area contributed by atoms with E-state index in [4.69, 9.17) is 14.2 Å². The van der Waals surface area contributed by atoms with Crippen LogP contribution in [-0.2, 0) is 28.6 Å². The van der Waals surface area contributed by atoms with Gasteiger partial charge < -0.3 is 23.9 Å². The molecule has 0 aliphatic rings. The number of methoxy groups -OCH3 is 1. The van der Waals surface area contributed by atoms with Crippen molar-refractivity contribution in [1.82, 2.24) is 4.90 Å². The molecule has 0 radical (unpaired) electrons. The molecule has 0 spiro atoms. The fourth-order valence-corrected chi connectivity index (χ4v) is 5.55. The number of carbonyl (C=O) groups excluding carboxylic acids is 3. The van der Waals surface area contributed by atoms with Gasteiger partial charge in [0.25, 0.3) is 0 Å². The van der Waals surface area contributed by atoms with Gasteiger partial charge in [-0.1, -0.05) is 88.5 Å². The zero-order chi connectivity index (χ0) is 36.5. The molecule has 0 aromatic rings. The highest BCUT2D eigenvalue weighted by Gasteiger charge is 2.07. The van der Waals surface area contributed by atoms with E-state index < -0.39 is 0 Å². The molecule has 0 saturated heterocycles. The fraction of sp³-hybridized carbons (Fsp3) is 0.833. The summed E-state index contributed by atoms with van der Waals surface area (Å²) >= 11 is 0. The van der Waals surface area contributed by atoms with E-state index in [1.54, 1.807) is 0 Å². The van der Waals surface area contributed by atoms with E-state index in [0.717, 1.165) is 57.8 Å². The Bertz CT molecular complexity index is 714. The first kappa shape index (κ1) is 49.1. The van der Waals surface area contributed by atoms with Crippen molar-refractivity contribution in [2.75, 3.05) is 41.0 Å². The molecular formula is C42H79NO6. The SMILES string of the molecule is CCOC(=O)CCCC/C=C\CCCCCCCCC(CCCCCCCC/C=C\CCCCC(=O)OCC)OC.CN(C)CCCC=O. The second-order valence-electron chi connectivity index (χ2n) is 13.4. The van der Waals surface area contributed by atoms with Crippen molar-refractivity contribution in [1.29, 1.82) is 0 Å². The molecule has 0 heterocycles. The Morgan fingerprint density at radius 3 is 1.24 bits per heavy atom. The minimum atomic E-state index is -0.0648. The van der Waals surface area contributed by atoms with E-state index in [-0.39, 0.29) is 11.9 Å². The van der Waals surface area contributed by atoms with Gasteiger partial charge in [0.15, 0.2) is 0 Å². The predicted molar refractivity (Wildman–Crippen MR) is 207 cm³/mol. The van der Waals surface area contributed by atoms with Crippen molar-refractivity contribution < 1.29 is 28.6 Å². The van der Waals surface area contributed by atoms with Crippen LogP contribution < -0.4 is 0 Å². The van der Waals surface area contributed by atoms with Crippen molar-refractivity contribution in [2.24, 2.45) is 0 Å². The maximum atomic E-state index is 11.3. The van der Waals surface area contributed by atoms with Crippen LogP contribution in [0.15, 0.2) is 24.3 Å². The Morgan fingerprint density at radius 2 is 0.898 bits per heavy atom. The quantitative estimate of drug-likeness (QED) is 0.0283. The zero-order valence-corrected chi connectivity index (χ0v) is 32.9. The fourth-order valence-electron chi connectivity index (χ4n) is 5.55. The van der Waals surface area contributed by atoms with Crippen LogP contribution in [0.4, 0.5) is 0 Å². The lowest BCUT2D eigenvalue weighted by atomic mass is 10.0. The molecule has 0 saturated carbocycles. The summed E-state index contributed by atoms with van der Waals surface area (Å²) in [6, 6.07) is 0. The molecule has 7 heteroatoms. The number of rotatable bonds is 35. The molecule has 0 fully saturated rings. The molecule has 0 atom stereocenters. The molecule has 0 N–H and O–H groups in total. The highest BCUT2D eigenvalue weighted by atomic mass is 16.5. The van der Waals surface area contributed by atoms with Gasteiger partial charge in [0.2, 0.25) is 0 Å². The van der Waals surface area contributed by atoms with Crippen LogP contribution in [0.25, 0.3) is 0 Å². The number of ether oxygens (including phenoxy) is 3. The number of hydrogen-bond donors (Lipinski definition) is 0. The average Bonchev–Trinajstić information content (AvgIpc) is 3.08. The maximum absolute atomic E-state index is 11.3. The zero-order valence-electron chi connectivity index (χ0n) is 32.9. The Kier molecular flexibility index (Phi) is 42.3. The normalized spacial score (nSPS) is 11.4. The molecule has 288 valence electrons. The average molecular weight is 694 g/mol. The second kappa shape index (κ2) is 42.2. The third-order valence-corrected chi connectivity index (χ3v) is 8.50. The Balaban J connectivity index is 0. The van der Waals surface area contributed by atoms with Crippen molar-refractivity contribution in [2.45, 2.75) is 187 Å². The monoisotopic (exact) mass is 694 g/mol. The Morgan fingerprint density at radius 1 is 0.531 bits per heavy atom. The summed E-state index contributed by atoms with van der Waals surface area (Å²) in [4.78, 5) is 34.4. The van der Waals surface area contributed by atoms with E-state index in [0.29, 0.717) is 38.6 Å². The van der Waals surface area contributed by atoms with Crippen LogP contribution in [0, 0.1) is 0 Å². The number of nitrogens with zero attached hydrogens (tertiary/aromatic N) is 1. The van der Waals surface area contributed by atoms with Gasteiger partial charge in [-0.05, 0) is 118 Å². The first-order valence-corrected chi connectivity index (χ1v) is 20.1. The van der Waals surface area contributed by atoms with Crippen molar-refractivity contribution in [3.05, 3.63) is 24.3 Å². The van der Waals surface area contributed by atoms with Gasteiger partial charge in [-0.15, -0.1) is 0 Å². The number of esters is 2. The highest BCUT2D eigenvalue weighted by Crippen LogP contribution is 2.17. The molecular weight excluding hydrogens is 614 g/mol. The van der Waals surface area contributed by atoms with Gasteiger partial charge in [-0.25, -0.2) is 0 Å². The van der Waals surface area contributed by atoms with Gasteiger partial charge in [0, 0.05) is 26.4 Å². The molecule has 0 unspecified atom stereocenters. The van der Waals surface area contributed by atoms with E-state index in [2.05, 4.69) is 29.2 Å². The molecule has 0 aliphatic heterocycles. The molecule has 7 nitrogen and oxygen atoms in total. The minimum Gasteiger partial charge on any atom is -0.466 e. The lowest BCUT2D eigenvalue weighted by Gasteiger charge is -2.15. The molecule has 0 aromatic heterocycles. The van der Waals surface area contributed by atoms with E-state index in [1.165, 1.54) is 103 Å². The number of carbonyl (C=O) groups is 3. The summed E-state index contributed by atoms with van der Waals surface area (Å²) in [5, 5.41) is 0. The number of hydrogen-bond acceptors (Lipinski definition) is 7. The molecule has 49 heavy (non-hydrogen) atoms. The largest absolute Gasteiger partial charge is 0.466 e. The van der Waals surface area contributed by atoms with E-state index in [1.807, 2.05) is 35.1 Å². The first-order valence-electron chi connectivity index (χ1n) is 20.1. The molecule has 0 aromatic carbocycles. The van der Waals surface area contributed by atoms with Crippen molar-refractivity contribution >= 4 is 18.2 Å². The van der Waals surface area contributed by atoms with Gasteiger partial charge in [-0.3, -0.25) is 9.59 Å². The van der Waals surface area contributed by atoms with Gasteiger partial charge in [0.05, 0.1) is 19.3 Å².